The third kappa shape index (κ3) is 3.67. The Bertz CT molecular complexity index is 2810. The molecule has 0 spiro atoms. The van der Waals surface area contributed by atoms with Crippen LogP contribution in [0.4, 0.5) is 0 Å². The summed E-state index contributed by atoms with van der Waals surface area (Å²) in [6, 6.07) is 53.2. The predicted octanol–water partition coefficient (Wildman–Crippen LogP) is 11.1. The first-order valence-corrected chi connectivity index (χ1v) is 15.5. The number of hydrogen-bond acceptors (Lipinski definition) is 3. The Hall–Kier alpha value is -6.26. The van der Waals surface area contributed by atoms with Crippen molar-refractivity contribution in [3.63, 3.8) is 0 Å². The van der Waals surface area contributed by atoms with Gasteiger partial charge in [-0.25, -0.2) is 9.97 Å². The van der Waals surface area contributed by atoms with E-state index in [9.17, 15) is 0 Å². The number of fused-ring (bicyclic) bond motifs is 9. The normalized spacial score (nSPS) is 11.9. The summed E-state index contributed by atoms with van der Waals surface area (Å²) in [6.45, 7) is 0. The van der Waals surface area contributed by atoms with E-state index in [4.69, 9.17) is 14.4 Å². The van der Waals surface area contributed by atoms with E-state index in [1.54, 1.807) is 0 Å². The second-order valence-electron chi connectivity index (χ2n) is 11.8. The maximum atomic E-state index is 6.12. The van der Waals surface area contributed by atoms with E-state index in [-0.39, 0.29) is 0 Å². The van der Waals surface area contributed by atoms with Gasteiger partial charge in [-0.05, 0) is 52.9 Å². The number of rotatable bonds is 3. The first kappa shape index (κ1) is 25.1. The molecule has 7 aromatic carbocycles. The summed E-state index contributed by atoms with van der Waals surface area (Å²) >= 11 is 0. The summed E-state index contributed by atoms with van der Waals surface area (Å²) in [5.74, 6) is 0.660. The minimum atomic E-state index is 0.660. The van der Waals surface area contributed by atoms with E-state index in [0.29, 0.717) is 5.95 Å². The molecule has 0 unspecified atom stereocenters. The average molecular weight is 588 g/mol. The molecule has 0 atom stereocenters. The Kier molecular flexibility index (Phi) is 5.25. The number of para-hydroxylation sites is 3. The first-order chi connectivity index (χ1) is 22.8. The fourth-order valence-electron chi connectivity index (χ4n) is 7.05. The molecule has 46 heavy (non-hydrogen) atoms. The van der Waals surface area contributed by atoms with Crippen LogP contribution in [0.15, 0.2) is 156 Å². The van der Waals surface area contributed by atoms with Crippen molar-refractivity contribution in [3.8, 4) is 28.3 Å². The van der Waals surface area contributed by atoms with Gasteiger partial charge in [-0.1, -0.05) is 115 Å². The van der Waals surface area contributed by atoms with Gasteiger partial charge in [0.1, 0.15) is 11.2 Å². The summed E-state index contributed by atoms with van der Waals surface area (Å²) in [5, 5.41) is 7.96. The number of aromatic nitrogens is 3. The molecule has 0 N–H and O–H groups in total. The van der Waals surface area contributed by atoms with Crippen LogP contribution in [0.3, 0.4) is 0 Å². The van der Waals surface area contributed by atoms with Crippen LogP contribution < -0.4 is 0 Å². The van der Waals surface area contributed by atoms with E-state index in [0.717, 1.165) is 71.6 Å². The van der Waals surface area contributed by atoms with Crippen LogP contribution in [-0.4, -0.2) is 14.5 Å². The van der Waals surface area contributed by atoms with Crippen molar-refractivity contribution >= 4 is 65.4 Å². The zero-order chi connectivity index (χ0) is 30.2. The second-order valence-corrected chi connectivity index (χ2v) is 11.8. The highest BCUT2D eigenvalue weighted by Gasteiger charge is 2.19. The van der Waals surface area contributed by atoms with Crippen molar-refractivity contribution in [1.82, 2.24) is 14.5 Å². The highest BCUT2D eigenvalue weighted by Crippen LogP contribution is 2.39. The summed E-state index contributed by atoms with van der Waals surface area (Å²) < 4.78 is 8.38. The fraction of sp³-hybridized carbons (Fsp3) is 0. The van der Waals surface area contributed by atoms with Gasteiger partial charge >= 0.3 is 0 Å². The summed E-state index contributed by atoms with van der Waals surface area (Å²) in [5.41, 5.74) is 9.19. The zero-order valence-electron chi connectivity index (χ0n) is 24.7. The minimum Gasteiger partial charge on any atom is -0.456 e. The highest BCUT2D eigenvalue weighted by molar-refractivity contribution is 6.19. The van der Waals surface area contributed by atoms with Crippen LogP contribution in [-0.2, 0) is 0 Å². The molecule has 0 saturated carbocycles. The lowest BCUT2D eigenvalue weighted by molar-refractivity contribution is 0.669. The van der Waals surface area contributed by atoms with Crippen molar-refractivity contribution in [2.75, 3.05) is 0 Å². The molecule has 3 heterocycles. The number of furan rings is 1. The zero-order valence-corrected chi connectivity index (χ0v) is 24.7. The predicted molar refractivity (Wildman–Crippen MR) is 190 cm³/mol. The van der Waals surface area contributed by atoms with Crippen LogP contribution in [0.2, 0.25) is 0 Å². The van der Waals surface area contributed by atoms with Crippen molar-refractivity contribution in [2.24, 2.45) is 0 Å². The molecular formula is C42H25N3O. The quantitative estimate of drug-likeness (QED) is 0.207. The maximum Gasteiger partial charge on any atom is 0.235 e. The van der Waals surface area contributed by atoms with E-state index in [1.807, 2.05) is 24.3 Å². The van der Waals surface area contributed by atoms with Crippen LogP contribution in [0.1, 0.15) is 0 Å². The van der Waals surface area contributed by atoms with Gasteiger partial charge in [-0.2, -0.15) is 0 Å². The van der Waals surface area contributed by atoms with Gasteiger partial charge in [-0.15, -0.1) is 0 Å². The molecule has 10 rings (SSSR count). The van der Waals surface area contributed by atoms with Crippen molar-refractivity contribution in [1.29, 1.82) is 0 Å². The molecule has 214 valence electrons. The molecule has 4 nitrogen and oxygen atoms in total. The topological polar surface area (TPSA) is 43.9 Å². The minimum absolute atomic E-state index is 0.660. The smallest absolute Gasteiger partial charge is 0.235 e. The van der Waals surface area contributed by atoms with E-state index >= 15 is 0 Å². The maximum absolute atomic E-state index is 6.12. The Morgan fingerprint density at radius 2 is 1.11 bits per heavy atom. The van der Waals surface area contributed by atoms with Crippen molar-refractivity contribution in [3.05, 3.63) is 152 Å². The molecule has 3 aromatic heterocycles. The Labute approximate surface area is 263 Å². The lowest BCUT2D eigenvalue weighted by Crippen LogP contribution is -2.03. The van der Waals surface area contributed by atoms with Crippen LogP contribution in [0.25, 0.3) is 93.8 Å². The van der Waals surface area contributed by atoms with Gasteiger partial charge in [-0.3, -0.25) is 4.57 Å². The third-order valence-electron chi connectivity index (χ3n) is 9.20. The SMILES string of the molecule is c1ccc(-c2nc(-n3c4ccccc4c4ccc5ccc(-c6ccc7oc8ccccc8c7c6)cc5c43)nc3ccccc23)cc1. The first-order valence-electron chi connectivity index (χ1n) is 15.5. The monoisotopic (exact) mass is 587 g/mol. The van der Waals surface area contributed by atoms with Crippen LogP contribution >= 0.6 is 0 Å². The Morgan fingerprint density at radius 1 is 0.435 bits per heavy atom. The lowest BCUT2D eigenvalue weighted by atomic mass is 9.98. The standard InChI is InChI=1S/C42H25N3O/c1-2-10-27(11-3-1)40-33-14-4-7-15-36(33)43-42(44-40)45-37-16-8-5-12-30(37)32-22-20-26-18-19-28(24-34(26)41(32)45)29-21-23-39-35(25-29)31-13-6-9-17-38(31)46-39/h1-25H. The van der Waals surface area contributed by atoms with Gasteiger partial charge in [0, 0.05) is 37.9 Å². The largest absolute Gasteiger partial charge is 0.456 e. The molecule has 0 fully saturated rings. The van der Waals surface area contributed by atoms with E-state index in [2.05, 4.69) is 132 Å². The molecule has 10 aromatic rings. The number of hydrogen-bond donors (Lipinski definition) is 0. The van der Waals surface area contributed by atoms with Crippen LogP contribution in [0, 0.1) is 0 Å². The summed E-state index contributed by atoms with van der Waals surface area (Å²) in [6.07, 6.45) is 0. The molecule has 4 heteroatoms. The van der Waals surface area contributed by atoms with Gasteiger partial charge in [0.2, 0.25) is 5.95 Å². The van der Waals surface area contributed by atoms with E-state index < -0.39 is 0 Å². The van der Waals surface area contributed by atoms with Gasteiger partial charge < -0.3 is 4.42 Å². The molecule has 0 saturated heterocycles. The van der Waals surface area contributed by atoms with Gasteiger partial charge in [0.25, 0.3) is 0 Å². The molecule has 0 bridgehead atoms. The average Bonchev–Trinajstić information content (AvgIpc) is 3.67. The molecule has 0 amide bonds. The van der Waals surface area contributed by atoms with Crippen molar-refractivity contribution < 1.29 is 4.42 Å². The molecule has 0 radical (unpaired) electrons. The Balaban J connectivity index is 1.28. The van der Waals surface area contributed by atoms with Gasteiger partial charge in [0.05, 0.1) is 22.2 Å². The lowest BCUT2D eigenvalue weighted by Gasteiger charge is -2.13. The summed E-state index contributed by atoms with van der Waals surface area (Å²) in [7, 11) is 0. The molecule has 0 aliphatic rings. The van der Waals surface area contributed by atoms with Crippen LogP contribution in [0.5, 0.6) is 0 Å². The molecule has 0 aliphatic heterocycles. The molecular weight excluding hydrogens is 562 g/mol. The highest BCUT2D eigenvalue weighted by atomic mass is 16.3. The van der Waals surface area contributed by atoms with Crippen molar-refractivity contribution in [2.45, 2.75) is 0 Å². The van der Waals surface area contributed by atoms with E-state index in [1.165, 1.54) is 16.2 Å². The second kappa shape index (κ2) is 9.62. The number of benzene rings is 7. The molecule has 0 aliphatic carbocycles. The fourth-order valence-corrected chi connectivity index (χ4v) is 7.05. The number of nitrogens with zero attached hydrogens (tertiary/aromatic N) is 3. The third-order valence-corrected chi connectivity index (χ3v) is 9.20. The summed E-state index contributed by atoms with van der Waals surface area (Å²) in [4.78, 5) is 10.5. The van der Waals surface area contributed by atoms with Gasteiger partial charge in [0.15, 0.2) is 0 Å². The Morgan fingerprint density at radius 3 is 2.00 bits per heavy atom.